The Bertz CT molecular complexity index is 188. The largest absolute Gasteiger partial charge is 0.320 e. The Morgan fingerprint density at radius 3 is 2.00 bits per heavy atom. The molecule has 0 bridgehead atoms. The fraction of sp³-hybridized carbons (Fsp3) is 1.00. The van der Waals surface area contributed by atoms with E-state index in [1.54, 1.807) is 0 Å². The van der Waals surface area contributed by atoms with E-state index < -0.39 is 0 Å². The van der Waals surface area contributed by atoms with E-state index in [1.807, 2.05) is 0 Å². The van der Waals surface area contributed by atoms with Crippen molar-refractivity contribution in [1.82, 2.24) is 5.32 Å². The van der Waals surface area contributed by atoms with Crippen molar-refractivity contribution in [3.05, 3.63) is 0 Å². The first-order valence-electron chi connectivity index (χ1n) is 8.67. The van der Waals surface area contributed by atoms with E-state index in [0.29, 0.717) is 0 Å². The topological polar surface area (TPSA) is 12.0 Å². The molecule has 0 aromatic heterocycles. The van der Waals surface area contributed by atoms with E-state index in [9.17, 15) is 0 Å². The molecule has 0 aliphatic carbocycles. The van der Waals surface area contributed by atoms with Gasteiger partial charge in [0.1, 0.15) is 0 Å². The van der Waals surface area contributed by atoms with Crippen molar-refractivity contribution >= 4 is 0 Å². The van der Waals surface area contributed by atoms with Crippen LogP contribution in [0.25, 0.3) is 0 Å². The number of nitrogens with one attached hydrogen (secondary N) is 1. The number of hydrogen-bond donors (Lipinski definition) is 1. The van der Waals surface area contributed by atoms with Crippen LogP contribution in [-0.4, -0.2) is 13.6 Å². The summed E-state index contributed by atoms with van der Waals surface area (Å²) in [6.45, 7) is 13.1. The van der Waals surface area contributed by atoms with Crippen LogP contribution >= 0.6 is 0 Å². The van der Waals surface area contributed by atoms with Crippen LogP contribution in [-0.2, 0) is 0 Å². The van der Waals surface area contributed by atoms with E-state index in [4.69, 9.17) is 0 Å². The van der Waals surface area contributed by atoms with Crippen molar-refractivity contribution in [3.63, 3.8) is 0 Å². The van der Waals surface area contributed by atoms with Crippen molar-refractivity contribution < 1.29 is 0 Å². The predicted molar refractivity (Wildman–Crippen MR) is 88.6 cm³/mol. The molecule has 19 heavy (non-hydrogen) atoms. The molecule has 0 rings (SSSR count). The van der Waals surface area contributed by atoms with Crippen molar-refractivity contribution in [3.8, 4) is 0 Å². The van der Waals surface area contributed by atoms with Crippen molar-refractivity contribution in [2.24, 2.45) is 23.7 Å². The summed E-state index contributed by atoms with van der Waals surface area (Å²) in [4.78, 5) is 0. The van der Waals surface area contributed by atoms with Gasteiger partial charge in [-0.15, -0.1) is 0 Å². The molecule has 0 saturated heterocycles. The molecule has 0 radical (unpaired) electrons. The van der Waals surface area contributed by atoms with Crippen molar-refractivity contribution in [1.29, 1.82) is 0 Å². The van der Waals surface area contributed by atoms with Crippen LogP contribution in [0.15, 0.2) is 0 Å². The van der Waals surface area contributed by atoms with E-state index in [0.717, 1.165) is 30.2 Å². The second-order valence-electron chi connectivity index (χ2n) is 6.96. The van der Waals surface area contributed by atoms with Crippen LogP contribution in [0, 0.1) is 23.7 Å². The highest BCUT2D eigenvalue weighted by Crippen LogP contribution is 2.29. The molecule has 116 valence electrons. The first kappa shape index (κ1) is 19.0. The van der Waals surface area contributed by atoms with Gasteiger partial charge in [-0.25, -0.2) is 0 Å². The van der Waals surface area contributed by atoms with E-state index in [-0.39, 0.29) is 0 Å². The third-order valence-corrected chi connectivity index (χ3v) is 4.70. The standard InChI is InChI=1S/C18H39N/c1-7-10-16(4)11-8-9-12-18(15(2)3)17(5)13-14-19-6/h15-19H,7-14H2,1-6H3. The Hall–Kier alpha value is -0.0400. The van der Waals surface area contributed by atoms with Crippen LogP contribution < -0.4 is 5.32 Å². The first-order chi connectivity index (χ1) is 9.02. The summed E-state index contributed by atoms with van der Waals surface area (Å²) in [5, 5.41) is 3.29. The Morgan fingerprint density at radius 1 is 0.842 bits per heavy atom. The summed E-state index contributed by atoms with van der Waals surface area (Å²) >= 11 is 0. The van der Waals surface area contributed by atoms with Gasteiger partial charge in [-0.05, 0) is 50.1 Å². The normalized spacial score (nSPS) is 16.6. The second-order valence-corrected chi connectivity index (χ2v) is 6.96. The van der Waals surface area contributed by atoms with Gasteiger partial charge >= 0.3 is 0 Å². The molecule has 0 aliphatic heterocycles. The number of unbranched alkanes of at least 4 members (excludes halogenated alkanes) is 1. The molecule has 0 fully saturated rings. The minimum absolute atomic E-state index is 0.833. The molecule has 3 unspecified atom stereocenters. The molecule has 1 N–H and O–H groups in total. The number of rotatable bonds is 12. The van der Waals surface area contributed by atoms with E-state index in [1.165, 1.54) is 44.9 Å². The van der Waals surface area contributed by atoms with E-state index in [2.05, 4.69) is 47.0 Å². The molecule has 1 heteroatoms. The molecule has 0 aromatic rings. The van der Waals surface area contributed by atoms with Crippen LogP contribution in [0.5, 0.6) is 0 Å². The summed E-state index contributed by atoms with van der Waals surface area (Å²) in [6, 6.07) is 0. The average molecular weight is 270 g/mol. The lowest BCUT2D eigenvalue weighted by molar-refractivity contribution is 0.232. The minimum atomic E-state index is 0.833. The van der Waals surface area contributed by atoms with Gasteiger partial charge in [0.2, 0.25) is 0 Å². The molecular formula is C18H39N. The smallest absolute Gasteiger partial charge is 0.00493 e. The lowest BCUT2D eigenvalue weighted by Crippen LogP contribution is -2.22. The highest BCUT2D eigenvalue weighted by molar-refractivity contribution is 4.71. The summed E-state index contributed by atoms with van der Waals surface area (Å²) in [7, 11) is 2.06. The van der Waals surface area contributed by atoms with Gasteiger partial charge in [0.05, 0.1) is 0 Å². The molecule has 0 saturated carbocycles. The van der Waals surface area contributed by atoms with Gasteiger partial charge in [-0.1, -0.05) is 66.7 Å². The zero-order valence-corrected chi connectivity index (χ0v) is 14.5. The highest BCUT2D eigenvalue weighted by atomic mass is 14.8. The van der Waals surface area contributed by atoms with Gasteiger partial charge in [0.15, 0.2) is 0 Å². The number of hydrogen-bond acceptors (Lipinski definition) is 1. The molecule has 0 aromatic carbocycles. The van der Waals surface area contributed by atoms with Gasteiger partial charge in [0, 0.05) is 0 Å². The molecule has 3 atom stereocenters. The maximum atomic E-state index is 3.29. The summed E-state index contributed by atoms with van der Waals surface area (Å²) in [6.07, 6.45) is 9.81. The third kappa shape index (κ3) is 9.49. The Kier molecular flexibility index (Phi) is 11.7. The maximum absolute atomic E-state index is 3.29. The third-order valence-electron chi connectivity index (χ3n) is 4.70. The quantitative estimate of drug-likeness (QED) is 0.461. The lowest BCUT2D eigenvalue weighted by Gasteiger charge is -2.28. The van der Waals surface area contributed by atoms with E-state index >= 15 is 0 Å². The SMILES string of the molecule is CCCC(C)CCCCC(C(C)C)C(C)CCNC. The Morgan fingerprint density at radius 2 is 1.47 bits per heavy atom. The monoisotopic (exact) mass is 269 g/mol. The maximum Gasteiger partial charge on any atom is -0.00493 e. The van der Waals surface area contributed by atoms with Gasteiger partial charge in [-0.2, -0.15) is 0 Å². The van der Waals surface area contributed by atoms with Crippen LogP contribution in [0.3, 0.4) is 0 Å². The zero-order chi connectivity index (χ0) is 14.7. The molecule has 0 heterocycles. The summed E-state index contributed by atoms with van der Waals surface area (Å²) < 4.78 is 0. The Balaban J connectivity index is 3.88. The molecule has 0 spiro atoms. The van der Waals surface area contributed by atoms with Gasteiger partial charge in [-0.3, -0.25) is 0 Å². The summed E-state index contributed by atoms with van der Waals surface area (Å²) in [5.74, 6) is 3.54. The zero-order valence-electron chi connectivity index (χ0n) is 14.5. The fourth-order valence-electron chi connectivity index (χ4n) is 3.37. The lowest BCUT2D eigenvalue weighted by atomic mass is 9.79. The van der Waals surface area contributed by atoms with Gasteiger partial charge < -0.3 is 5.32 Å². The van der Waals surface area contributed by atoms with Crippen molar-refractivity contribution in [2.45, 2.75) is 79.6 Å². The minimum Gasteiger partial charge on any atom is -0.320 e. The van der Waals surface area contributed by atoms with Crippen molar-refractivity contribution in [2.75, 3.05) is 13.6 Å². The first-order valence-corrected chi connectivity index (χ1v) is 8.67. The second kappa shape index (κ2) is 11.8. The fourth-order valence-corrected chi connectivity index (χ4v) is 3.37. The van der Waals surface area contributed by atoms with Crippen LogP contribution in [0.4, 0.5) is 0 Å². The molecular weight excluding hydrogens is 230 g/mol. The molecule has 0 aliphatic rings. The average Bonchev–Trinajstić information content (AvgIpc) is 2.35. The van der Waals surface area contributed by atoms with Gasteiger partial charge in [0.25, 0.3) is 0 Å². The predicted octanol–water partition coefficient (Wildman–Crippen LogP) is 5.50. The molecule has 0 amide bonds. The molecule has 1 nitrogen and oxygen atoms in total. The Labute approximate surface area is 122 Å². The van der Waals surface area contributed by atoms with Crippen LogP contribution in [0.2, 0.25) is 0 Å². The highest BCUT2D eigenvalue weighted by Gasteiger charge is 2.19. The van der Waals surface area contributed by atoms with Crippen LogP contribution in [0.1, 0.15) is 79.6 Å². The summed E-state index contributed by atoms with van der Waals surface area (Å²) in [5.41, 5.74) is 0.